The zero-order valence-corrected chi connectivity index (χ0v) is 11.4. The summed E-state index contributed by atoms with van der Waals surface area (Å²) in [7, 11) is 0. The van der Waals surface area contributed by atoms with E-state index >= 15 is 0 Å². The van der Waals surface area contributed by atoms with Crippen LogP contribution in [0, 0.1) is 0 Å². The van der Waals surface area contributed by atoms with Crippen molar-refractivity contribution in [1.82, 2.24) is 0 Å². The lowest BCUT2D eigenvalue weighted by molar-refractivity contribution is -0.117. The number of aliphatic hydroxyl groups excluding tert-OH is 1. The van der Waals surface area contributed by atoms with Gasteiger partial charge < -0.3 is 5.11 Å². The fraction of sp³-hybridized carbons (Fsp3) is 0.471. The van der Waals surface area contributed by atoms with Gasteiger partial charge in [0.25, 0.3) is 0 Å². The molecular weight excluding hydrogens is 236 g/mol. The van der Waals surface area contributed by atoms with Gasteiger partial charge in [0.05, 0.1) is 6.10 Å². The first-order valence-corrected chi connectivity index (χ1v) is 7.13. The maximum atomic E-state index is 12.0. The zero-order valence-electron chi connectivity index (χ0n) is 11.4. The topological polar surface area (TPSA) is 37.3 Å². The first-order chi connectivity index (χ1) is 9.16. The van der Waals surface area contributed by atoms with Crippen LogP contribution in [0.5, 0.6) is 0 Å². The van der Waals surface area contributed by atoms with Gasteiger partial charge >= 0.3 is 0 Å². The second-order valence-corrected chi connectivity index (χ2v) is 5.77. The molecule has 1 fully saturated rings. The summed E-state index contributed by atoms with van der Waals surface area (Å²) in [6, 6.07) is 10.2. The van der Waals surface area contributed by atoms with Crippen LogP contribution in [0.15, 0.2) is 41.5 Å². The predicted octanol–water partition coefficient (Wildman–Crippen LogP) is 3.15. The molecule has 2 heteroatoms. The summed E-state index contributed by atoms with van der Waals surface area (Å²) in [6.45, 7) is 1.94. The minimum Gasteiger partial charge on any atom is -0.392 e. The molecule has 2 aliphatic carbocycles. The molecule has 2 nitrogen and oxygen atoms in total. The van der Waals surface area contributed by atoms with Crippen LogP contribution in [-0.4, -0.2) is 17.0 Å². The number of fused-ring (bicyclic) bond motifs is 1. The molecule has 1 aromatic rings. The van der Waals surface area contributed by atoms with E-state index in [1.165, 1.54) is 11.1 Å². The lowest BCUT2D eigenvalue weighted by Crippen LogP contribution is -2.47. The molecule has 0 bridgehead atoms. The molecule has 1 aromatic carbocycles. The largest absolute Gasteiger partial charge is 0.392 e. The van der Waals surface area contributed by atoms with Crippen molar-refractivity contribution in [2.75, 3.05) is 0 Å². The molecule has 2 aliphatic rings. The first kappa shape index (κ1) is 12.6. The van der Waals surface area contributed by atoms with E-state index in [0.29, 0.717) is 6.42 Å². The number of rotatable bonds is 1. The van der Waals surface area contributed by atoms with E-state index in [-0.39, 0.29) is 17.3 Å². The van der Waals surface area contributed by atoms with Gasteiger partial charge in [-0.1, -0.05) is 35.9 Å². The number of hydrogen-bond acceptors (Lipinski definition) is 2. The standard InChI is InChI=1S/C17H20O2/c1-12-14-8-5-9-16(19)17(14,11-10-15(12)18)13-6-3-2-4-7-13/h2-4,6-7,16,19H,5,8-11H2,1H3/t16-,17+/m1/s1. The van der Waals surface area contributed by atoms with Gasteiger partial charge in [0.1, 0.15) is 0 Å². The van der Waals surface area contributed by atoms with E-state index in [4.69, 9.17) is 0 Å². The number of carbonyl (C=O) groups is 1. The van der Waals surface area contributed by atoms with Crippen LogP contribution in [0.1, 0.15) is 44.6 Å². The van der Waals surface area contributed by atoms with E-state index in [1.807, 2.05) is 25.1 Å². The van der Waals surface area contributed by atoms with E-state index in [2.05, 4.69) is 12.1 Å². The average molecular weight is 256 g/mol. The lowest BCUT2D eigenvalue weighted by Gasteiger charge is -2.47. The lowest BCUT2D eigenvalue weighted by atomic mass is 9.58. The molecule has 2 atom stereocenters. The first-order valence-electron chi connectivity index (χ1n) is 7.13. The third kappa shape index (κ3) is 1.78. The van der Waals surface area contributed by atoms with Crippen molar-refractivity contribution in [3.8, 4) is 0 Å². The number of ketones is 1. The summed E-state index contributed by atoms with van der Waals surface area (Å²) >= 11 is 0. The van der Waals surface area contributed by atoms with Gasteiger partial charge in [0.15, 0.2) is 5.78 Å². The Hall–Kier alpha value is -1.41. The van der Waals surface area contributed by atoms with Crippen molar-refractivity contribution in [2.24, 2.45) is 0 Å². The van der Waals surface area contributed by atoms with Gasteiger partial charge in [-0.2, -0.15) is 0 Å². The molecule has 1 saturated carbocycles. The van der Waals surface area contributed by atoms with Crippen LogP contribution in [0.2, 0.25) is 0 Å². The van der Waals surface area contributed by atoms with Crippen molar-refractivity contribution in [3.63, 3.8) is 0 Å². The summed E-state index contributed by atoms with van der Waals surface area (Å²) in [5.74, 6) is 0.260. The van der Waals surface area contributed by atoms with Gasteiger partial charge in [-0.05, 0) is 43.7 Å². The molecule has 0 radical (unpaired) electrons. The highest BCUT2D eigenvalue weighted by atomic mass is 16.3. The number of hydrogen-bond donors (Lipinski definition) is 1. The Labute approximate surface area is 114 Å². The summed E-state index contributed by atoms with van der Waals surface area (Å²) < 4.78 is 0. The highest BCUT2D eigenvalue weighted by Gasteiger charge is 2.48. The molecule has 3 rings (SSSR count). The van der Waals surface area contributed by atoms with Crippen LogP contribution in [-0.2, 0) is 10.2 Å². The van der Waals surface area contributed by atoms with Crippen LogP contribution in [0.25, 0.3) is 0 Å². The number of aliphatic hydroxyl groups is 1. The average Bonchev–Trinajstić information content (AvgIpc) is 2.45. The van der Waals surface area contributed by atoms with Gasteiger partial charge in [-0.25, -0.2) is 0 Å². The highest BCUT2D eigenvalue weighted by molar-refractivity contribution is 5.97. The summed E-state index contributed by atoms with van der Waals surface area (Å²) in [6.07, 6.45) is 3.71. The molecule has 100 valence electrons. The molecule has 0 spiro atoms. The van der Waals surface area contributed by atoms with E-state index in [0.717, 1.165) is 31.3 Å². The molecule has 0 saturated heterocycles. The van der Waals surface area contributed by atoms with Gasteiger partial charge in [-0.3, -0.25) is 4.79 Å². The van der Waals surface area contributed by atoms with Crippen molar-refractivity contribution < 1.29 is 9.90 Å². The summed E-state index contributed by atoms with van der Waals surface area (Å²) in [4.78, 5) is 12.0. The Balaban J connectivity index is 2.21. The maximum Gasteiger partial charge on any atom is 0.158 e. The molecule has 0 unspecified atom stereocenters. The summed E-state index contributed by atoms with van der Waals surface area (Å²) in [5.41, 5.74) is 2.95. The molecule has 0 aromatic heterocycles. The number of benzene rings is 1. The molecular formula is C17H20O2. The quantitative estimate of drug-likeness (QED) is 0.838. The van der Waals surface area contributed by atoms with Crippen molar-refractivity contribution in [3.05, 3.63) is 47.0 Å². The smallest absolute Gasteiger partial charge is 0.158 e. The summed E-state index contributed by atoms with van der Waals surface area (Å²) in [5, 5.41) is 10.7. The Bertz CT molecular complexity index is 529. The monoisotopic (exact) mass is 256 g/mol. The van der Waals surface area contributed by atoms with E-state index in [9.17, 15) is 9.90 Å². The third-order valence-electron chi connectivity index (χ3n) is 4.92. The van der Waals surface area contributed by atoms with Crippen molar-refractivity contribution in [1.29, 1.82) is 0 Å². The molecule has 0 amide bonds. The minimum atomic E-state index is -0.360. The van der Waals surface area contributed by atoms with Crippen LogP contribution in [0.4, 0.5) is 0 Å². The van der Waals surface area contributed by atoms with Crippen LogP contribution < -0.4 is 0 Å². The zero-order chi connectivity index (χ0) is 13.5. The van der Waals surface area contributed by atoms with E-state index in [1.54, 1.807) is 0 Å². The minimum absolute atomic E-state index is 0.260. The maximum absolute atomic E-state index is 12.0. The van der Waals surface area contributed by atoms with Crippen LogP contribution in [0.3, 0.4) is 0 Å². The Morgan fingerprint density at radius 3 is 2.68 bits per heavy atom. The van der Waals surface area contributed by atoms with E-state index < -0.39 is 0 Å². The third-order valence-corrected chi connectivity index (χ3v) is 4.92. The second-order valence-electron chi connectivity index (χ2n) is 5.77. The van der Waals surface area contributed by atoms with Crippen LogP contribution >= 0.6 is 0 Å². The Kier molecular flexibility index (Phi) is 3.06. The molecule has 19 heavy (non-hydrogen) atoms. The normalized spacial score (nSPS) is 31.3. The SMILES string of the molecule is CC1=C2CCC[C@@H](O)[C@]2(c2ccccc2)CCC1=O. The Morgan fingerprint density at radius 1 is 1.21 bits per heavy atom. The van der Waals surface area contributed by atoms with Gasteiger partial charge in [0.2, 0.25) is 0 Å². The molecule has 0 aliphatic heterocycles. The predicted molar refractivity (Wildman–Crippen MR) is 74.9 cm³/mol. The second kappa shape index (κ2) is 4.61. The number of Topliss-reactive ketones (excluding diaryl/α,β-unsaturated/α-hetero) is 1. The van der Waals surface area contributed by atoms with Crippen molar-refractivity contribution in [2.45, 2.75) is 50.5 Å². The highest BCUT2D eigenvalue weighted by Crippen LogP contribution is 2.50. The number of allylic oxidation sites excluding steroid dienone is 1. The Morgan fingerprint density at radius 2 is 1.95 bits per heavy atom. The molecule has 1 N–H and O–H groups in total. The fourth-order valence-corrected chi connectivity index (χ4v) is 3.90. The van der Waals surface area contributed by atoms with Gasteiger partial charge in [0, 0.05) is 11.8 Å². The van der Waals surface area contributed by atoms with Crippen molar-refractivity contribution >= 4 is 5.78 Å². The van der Waals surface area contributed by atoms with Gasteiger partial charge in [-0.15, -0.1) is 0 Å². The molecule has 0 heterocycles. The fourth-order valence-electron chi connectivity index (χ4n) is 3.90. The number of carbonyl (C=O) groups excluding carboxylic acids is 1.